The maximum Gasteiger partial charge on any atom is 0.261 e. The van der Waals surface area contributed by atoms with Crippen molar-refractivity contribution < 1.29 is 17.8 Å². The highest BCUT2D eigenvalue weighted by Gasteiger charge is 2.22. The van der Waals surface area contributed by atoms with Gasteiger partial charge in [-0.3, -0.25) is 14.5 Å². The number of para-hydroxylation sites is 2. The Morgan fingerprint density at radius 2 is 1.74 bits per heavy atom. The second-order valence-corrected chi connectivity index (χ2v) is 9.32. The Hall–Kier alpha value is -4.58. The van der Waals surface area contributed by atoms with Gasteiger partial charge in [-0.25, -0.2) is 18.0 Å². The topological polar surface area (TPSA) is 145 Å². The zero-order chi connectivity index (χ0) is 24.4. The van der Waals surface area contributed by atoms with E-state index < -0.39 is 10.0 Å². The molecule has 0 fully saturated rings. The Morgan fingerprint density at radius 3 is 2.49 bits per heavy atom. The van der Waals surface area contributed by atoms with Gasteiger partial charge >= 0.3 is 0 Å². The monoisotopic (exact) mass is 489 g/mol. The molecule has 0 aliphatic carbocycles. The Balaban J connectivity index is 1.48. The van der Waals surface area contributed by atoms with E-state index in [4.69, 9.17) is 4.63 Å². The molecule has 5 rings (SSSR count). The molecule has 1 amide bonds. The maximum atomic E-state index is 12.7. The van der Waals surface area contributed by atoms with Crippen molar-refractivity contribution in [2.24, 2.45) is 0 Å². The summed E-state index contributed by atoms with van der Waals surface area (Å²) < 4.78 is 34.8. The molecule has 0 atom stereocenters. The van der Waals surface area contributed by atoms with Crippen LogP contribution in [0.2, 0.25) is 0 Å². The van der Waals surface area contributed by atoms with Gasteiger partial charge < -0.3 is 9.88 Å². The molecule has 12 heteroatoms. The number of fused-ring (bicyclic) bond motifs is 1. The summed E-state index contributed by atoms with van der Waals surface area (Å²) in [4.78, 5) is 20.2. The number of nitrogens with one attached hydrogen (secondary N) is 2. The molecular weight excluding hydrogens is 470 g/mol. The van der Waals surface area contributed by atoms with Crippen molar-refractivity contribution >= 4 is 38.5 Å². The number of pyridine rings is 1. The molecule has 0 saturated carbocycles. The molecule has 0 aliphatic heterocycles. The number of rotatable bonds is 7. The fraction of sp³-hybridized carbons (Fsp3) is 0.0870. The SMILES string of the molecule is CC(=O)Nc1nonc1-c1nc2ccccc2n1Cc1ccc(S(=O)(=O)Nc2ccncc2)cc1. The van der Waals surface area contributed by atoms with Crippen molar-refractivity contribution in [2.75, 3.05) is 10.0 Å². The van der Waals surface area contributed by atoms with Gasteiger partial charge in [0.2, 0.25) is 11.7 Å². The first-order valence-corrected chi connectivity index (χ1v) is 12.0. The van der Waals surface area contributed by atoms with Crippen LogP contribution in [0.4, 0.5) is 11.5 Å². The van der Waals surface area contributed by atoms with Crippen molar-refractivity contribution in [3.63, 3.8) is 0 Å². The smallest absolute Gasteiger partial charge is 0.261 e. The average Bonchev–Trinajstić information content (AvgIpc) is 3.44. The van der Waals surface area contributed by atoms with Crippen LogP contribution in [0.25, 0.3) is 22.6 Å². The van der Waals surface area contributed by atoms with Crippen LogP contribution in [-0.4, -0.2) is 39.2 Å². The Bertz CT molecular complexity index is 1610. The van der Waals surface area contributed by atoms with E-state index >= 15 is 0 Å². The van der Waals surface area contributed by atoms with E-state index in [0.717, 1.165) is 16.6 Å². The van der Waals surface area contributed by atoms with Gasteiger partial charge in [-0.15, -0.1) is 0 Å². The largest absolute Gasteiger partial charge is 0.318 e. The molecule has 0 aliphatic rings. The third kappa shape index (κ3) is 4.59. The van der Waals surface area contributed by atoms with Gasteiger partial charge in [0.25, 0.3) is 10.0 Å². The maximum absolute atomic E-state index is 12.7. The second kappa shape index (κ2) is 8.99. The first-order valence-electron chi connectivity index (χ1n) is 10.5. The minimum Gasteiger partial charge on any atom is -0.318 e. The van der Waals surface area contributed by atoms with E-state index in [0.29, 0.717) is 18.1 Å². The molecule has 0 unspecified atom stereocenters. The van der Waals surface area contributed by atoms with Gasteiger partial charge in [-0.2, -0.15) is 0 Å². The fourth-order valence-electron chi connectivity index (χ4n) is 3.59. The zero-order valence-electron chi connectivity index (χ0n) is 18.4. The number of carbonyl (C=O) groups excluding carboxylic acids is 1. The molecule has 3 heterocycles. The van der Waals surface area contributed by atoms with Gasteiger partial charge in [-0.05, 0) is 52.3 Å². The predicted molar refractivity (Wildman–Crippen MR) is 128 cm³/mol. The molecule has 2 aromatic carbocycles. The highest BCUT2D eigenvalue weighted by Crippen LogP contribution is 2.29. The molecule has 0 bridgehead atoms. The van der Waals surface area contributed by atoms with E-state index in [2.05, 4.69) is 30.3 Å². The molecule has 35 heavy (non-hydrogen) atoms. The number of nitrogens with zero attached hydrogens (tertiary/aromatic N) is 5. The van der Waals surface area contributed by atoms with Gasteiger partial charge in [0, 0.05) is 25.9 Å². The van der Waals surface area contributed by atoms with Crippen molar-refractivity contribution in [1.82, 2.24) is 24.8 Å². The summed E-state index contributed by atoms with van der Waals surface area (Å²) in [5.74, 6) is 0.298. The Labute approximate surface area is 199 Å². The molecular formula is C23H19N7O4S. The van der Waals surface area contributed by atoms with Crippen molar-refractivity contribution in [3.05, 3.63) is 78.6 Å². The van der Waals surface area contributed by atoms with Crippen molar-refractivity contribution in [2.45, 2.75) is 18.4 Å². The van der Waals surface area contributed by atoms with Crippen LogP contribution in [0.3, 0.4) is 0 Å². The van der Waals surface area contributed by atoms with Crippen LogP contribution < -0.4 is 10.0 Å². The second-order valence-electron chi connectivity index (χ2n) is 7.64. The summed E-state index contributed by atoms with van der Waals surface area (Å²) in [6, 6.07) is 17.2. The lowest BCUT2D eigenvalue weighted by Crippen LogP contribution is -2.13. The summed E-state index contributed by atoms with van der Waals surface area (Å²) in [7, 11) is -3.76. The summed E-state index contributed by atoms with van der Waals surface area (Å²) >= 11 is 0. The van der Waals surface area contributed by atoms with E-state index in [1.54, 1.807) is 24.3 Å². The van der Waals surface area contributed by atoms with Crippen LogP contribution in [-0.2, 0) is 21.4 Å². The number of hydrogen-bond donors (Lipinski definition) is 2. The minimum atomic E-state index is -3.76. The van der Waals surface area contributed by atoms with Crippen LogP contribution in [0.1, 0.15) is 12.5 Å². The Kier molecular flexibility index (Phi) is 5.71. The van der Waals surface area contributed by atoms with Crippen molar-refractivity contribution in [3.8, 4) is 11.5 Å². The lowest BCUT2D eigenvalue weighted by Gasteiger charge is -2.11. The van der Waals surface area contributed by atoms with Gasteiger partial charge in [0.05, 0.1) is 21.6 Å². The molecule has 0 radical (unpaired) electrons. The van der Waals surface area contributed by atoms with Crippen LogP contribution >= 0.6 is 0 Å². The van der Waals surface area contributed by atoms with Gasteiger partial charge in [0.1, 0.15) is 0 Å². The number of benzene rings is 2. The Morgan fingerprint density at radius 1 is 1.00 bits per heavy atom. The fourth-order valence-corrected chi connectivity index (χ4v) is 4.65. The number of anilines is 2. The summed E-state index contributed by atoms with van der Waals surface area (Å²) in [6.07, 6.45) is 3.02. The highest BCUT2D eigenvalue weighted by molar-refractivity contribution is 7.92. The number of amides is 1. The molecule has 0 spiro atoms. The molecule has 3 aromatic heterocycles. The normalized spacial score (nSPS) is 11.5. The third-order valence-corrected chi connectivity index (χ3v) is 6.55. The molecule has 176 valence electrons. The predicted octanol–water partition coefficient (Wildman–Crippen LogP) is 3.29. The molecule has 5 aromatic rings. The first-order chi connectivity index (χ1) is 16.9. The average molecular weight is 490 g/mol. The highest BCUT2D eigenvalue weighted by atomic mass is 32.2. The quantitative estimate of drug-likeness (QED) is 0.354. The van der Waals surface area contributed by atoms with Crippen LogP contribution in [0.5, 0.6) is 0 Å². The summed E-state index contributed by atoms with van der Waals surface area (Å²) in [5, 5.41) is 10.3. The number of hydrogen-bond acceptors (Lipinski definition) is 8. The number of carbonyl (C=O) groups is 1. The van der Waals surface area contributed by atoms with Gasteiger partial charge in [0.15, 0.2) is 11.5 Å². The standard InChI is InChI=1S/C23H19N7O4S/c1-15(31)25-22-21(27-34-28-22)23-26-19-4-2-3-5-20(19)30(23)14-16-6-8-18(9-7-16)35(32,33)29-17-10-12-24-13-11-17/h2-13H,14H2,1H3,(H,24,29)(H,25,28,31). The summed E-state index contributed by atoms with van der Waals surface area (Å²) in [5.41, 5.74) is 3.09. The van der Waals surface area contributed by atoms with E-state index in [1.807, 2.05) is 28.8 Å². The lowest BCUT2D eigenvalue weighted by molar-refractivity contribution is -0.114. The van der Waals surface area contributed by atoms with Crippen LogP contribution in [0, 0.1) is 0 Å². The minimum absolute atomic E-state index is 0.127. The van der Waals surface area contributed by atoms with E-state index in [1.165, 1.54) is 31.5 Å². The molecule has 11 nitrogen and oxygen atoms in total. The zero-order valence-corrected chi connectivity index (χ0v) is 19.2. The van der Waals surface area contributed by atoms with Gasteiger partial charge in [-0.1, -0.05) is 24.3 Å². The number of imidazole rings is 1. The lowest BCUT2D eigenvalue weighted by atomic mass is 10.2. The molecule has 0 saturated heterocycles. The first kappa shape index (κ1) is 22.2. The number of aromatic nitrogens is 5. The van der Waals surface area contributed by atoms with Crippen molar-refractivity contribution in [1.29, 1.82) is 0 Å². The van der Waals surface area contributed by atoms with Crippen LogP contribution in [0.15, 0.2) is 82.6 Å². The number of sulfonamides is 1. The third-order valence-electron chi connectivity index (χ3n) is 5.16. The van der Waals surface area contributed by atoms with E-state index in [-0.39, 0.29) is 22.3 Å². The van der Waals surface area contributed by atoms with E-state index in [9.17, 15) is 13.2 Å². The molecule has 2 N–H and O–H groups in total. The summed E-state index contributed by atoms with van der Waals surface area (Å²) in [6.45, 7) is 1.72.